The first-order valence-electron chi connectivity index (χ1n) is 9.33. The molecule has 1 fully saturated rings. The number of benzene rings is 1. The Kier molecular flexibility index (Phi) is 5.81. The van der Waals surface area contributed by atoms with Crippen molar-refractivity contribution in [3.63, 3.8) is 0 Å². The van der Waals surface area contributed by atoms with E-state index >= 15 is 0 Å². The van der Waals surface area contributed by atoms with Crippen molar-refractivity contribution in [2.24, 2.45) is 0 Å². The summed E-state index contributed by atoms with van der Waals surface area (Å²) in [7, 11) is 0. The predicted octanol–water partition coefficient (Wildman–Crippen LogP) is 3.68. The summed E-state index contributed by atoms with van der Waals surface area (Å²) in [6.45, 7) is 1.71. The van der Waals surface area contributed by atoms with Crippen molar-refractivity contribution in [3.8, 4) is 5.75 Å². The summed E-state index contributed by atoms with van der Waals surface area (Å²) in [5.41, 5.74) is 1.64. The number of aromatic hydroxyl groups is 1. The molecular formula is C20H26N2O4. The number of hydrogen-bond donors (Lipinski definition) is 3. The lowest BCUT2D eigenvalue weighted by Gasteiger charge is -2.29. The van der Waals surface area contributed by atoms with Crippen molar-refractivity contribution in [1.29, 1.82) is 0 Å². The zero-order valence-corrected chi connectivity index (χ0v) is 15.1. The van der Waals surface area contributed by atoms with Gasteiger partial charge in [-0.1, -0.05) is 31.4 Å². The summed E-state index contributed by atoms with van der Waals surface area (Å²) in [4.78, 5) is 24.8. The fourth-order valence-corrected chi connectivity index (χ4v) is 3.63. The van der Waals surface area contributed by atoms with Gasteiger partial charge in [0.15, 0.2) is 0 Å². The Morgan fingerprint density at radius 3 is 2.35 bits per heavy atom. The van der Waals surface area contributed by atoms with E-state index in [1.807, 2.05) is 0 Å². The lowest BCUT2D eigenvalue weighted by Crippen LogP contribution is -2.45. The summed E-state index contributed by atoms with van der Waals surface area (Å²) in [6.07, 6.45) is 7.49. The van der Waals surface area contributed by atoms with E-state index in [0.29, 0.717) is 11.3 Å². The summed E-state index contributed by atoms with van der Waals surface area (Å²) in [5.74, 6) is -0.257. The molecule has 0 bridgehead atoms. The number of ether oxygens (including phenoxy) is 1. The van der Waals surface area contributed by atoms with E-state index in [-0.39, 0.29) is 17.9 Å². The second-order valence-electron chi connectivity index (χ2n) is 7.03. The van der Waals surface area contributed by atoms with Gasteiger partial charge in [-0.2, -0.15) is 0 Å². The first-order chi connectivity index (χ1) is 12.5. The molecule has 140 valence electrons. The van der Waals surface area contributed by atoms with Crippen molar-refractivity contribution in [2.75, 3.05) is 0 Å². The zero-order valence-electron chi connectivity index (χ0n) is 15.1. The lowest BCUT2D eigenvalue weighted by molar-refractivity contribution is -0.145. The van der Waals surface area contributed by atoms with Crippen LogP contribution in [-0.2, 0) is 9.53 Å². The molecule has 1 aromatic rings. The molecule has 0 aromatic heterocycles. The number of rotatable bonds is 3. The van der Waals surface area contributed by atoms with Crippen molar-refractivity contribution in [3.05, 3.63) is 41.1 Å². The van der Waals surface area contributed by atoms with Gasteiger partial charge in [0.2, 0.25) is 0 Å². The Balaban J connectivity index is 1.81. The SMILES string of the molecule is CC1=C(C(=O)OC2CCCCCCC2)[C@H](c2ccc(O)cc2)NC(=O)N1. The highest BCUT2D eigenvalue weighted by atomic mass is 16.5. The van der Waals surface area contributed by atoms with Crippen LogP contribution < -0.4 is 10.6 Å². The number of phenols is 1. The Labute approximate surface area is 153 Å². The molecule has 1 atom stereocenters. The Hall–Kier alpha value is -2.50. The van der Waals surface area contributed by atoms with E-state index in [9.17, 15) is 14.7 Å². The highest BCUT2D eigenvalue weighted by Crippen LogP contribution is 2.30. The van der Waals surface area contributed by atoms with Crippen molar-refractivity contribution >= 4 is 12.0 Å². The quantitative estimate of drug-likeness (QED) is 0.719. The maximum absolute atomic E-state index is 12.9. The molecule has 0 spiro atoms. The smallest absolute Gasteiger partial charge is 0.338 e. The number of carbonyl (C=O) groups excluding carboxylic acids is 2. The standard InChI is InChI=1S/C20H26N2O4/c1-13-17(19(24)26-16-7-5-3-2-4-6-8-16)18(22-20(25)21-13)14-9-11-15(23)12-10-14/h9-12,16,18,23H,2-8H2,1H3,(H2,21,22,25)/t18-/m0/s1. The number of allylic oxidation sites excluding steroid dienone is 1. The number of carbonyl (C=O) groups is 2. The zero-order chi connectivity index (χ0) is 18.5. The molecule has 2 aliphatic rings. The molecule has 1 saturated carbocycles. The topological polar surface area (TPSA) is 87.7 Å². The first kappa shape index (κ1) is 18.3. The van der Waals surface area contributed by atoms with Gasteiger partial charge >= 0.3 is 12.0 Å². The van der Waals surface area contributed by atoms with E-state index in [1.165, 1.54) is 31.4 Å². The van der Waals surface area contributed by atoms with Crippen LogP contribution in [0.2, 0.25) is 0 Å². The average Bonchev–Trinajstić information content (AvgIpc) is 2.57. The van der Waals surface area contributed by atoms with Gasteiger partial charge in [0.05, 0.1) is 11.6 Å². The molecule has 1 aliphatic heterocycles. The normalized spacial score (nSPS) is 22.0. The molecule has 1 aromatic carbocycles. The van der Waals surface area contributed by atoms with Crippen LogP contribution in [0.15, 0.2) is 35.5 Å². The van der Waals surface area contributed by atoms with E-state index < -0.39 is 12.0 Å². The number of amides is 2. The molecule has 3 rings (SSSR count). The molecule has 1 heterocycles. The van der Waals surface area contributed by atoms with Gasteiger partial charge in [-0.15, -0.1) is 0 Å². The first-order valence-corrected chi connectivity index (χ1v) is 9.33. The maximum atomic E-state index is 12.9. The number of esters is 1. The van der Waals surface area contributed by atoms with E-state index in [4.69, 9.17) is 4.74 Å². The minimum Gasteiger partial charge on any atom is -0.508 e. The van der Waals surface area contributed by atoms with Crippen LogP contribution in [0.25, 0.3) is 0 Å². The monoisotopic (exact) mass is 358 g/mol. The molecule has 6 nitrogen and oxygen atoms in total. The van der Waals surface area contributed by atoms with Crippen LogP contribution in [-0.4, -0.2) is 23.2 Å². The van der Waals surface area contributed by atoms with Gasteiger partial charge < -0.3 is 20.5 Å². The van der Waals surface area contributed by atoms with Crippen molar-refractivity contribution in [1.82, 2.24) is 10.6 Å². The van der Waals surface area contributed by atoms with Crippen LogP contribution >= 0.6 is 0 Å². The molecule has 0 saturated heterocycles. The largest absolute Gasteiger partial charge is 0.508 e. The Morgan fingerprint density at radius 1 is 1.08 bits per heavy atom. The molecule has 0 radical (unpaired) electrons. The molecule has 26 heavy (non-hydrogen) atoms. The van der Waals surface area contributed by atoms with Crippen molar-refractivity contribution < 1.29 is 19.4 Å². The Morgan fingerprint density at radius 2 is 1.69 bits per heavy atom. The third kappa shape index (κ3) is 4.36. The second-order valence-corrected chi connectivity index (χ2v) is 7.03. The second kappa shape index (κ2) is 8.25. The van der Waals surface area contributed by atoms with E-state index in [1.54, 1.807) is 19.1 Å². The van der Waals surface area contributed by atoms with Gasteiger partial charge in [-0.05, 0) is 50.3 Å². The van der Waals surface area contributed by atoms with E-state index in [0.717, 1.165) is 31.2 Å². The fraction of sp³-hybridized carbons (Fsp3) is 0.500. The Bertz CT molecular complexity index is 688. The molecule has 6 heteroatoms. The number of urea groups is 1. The van der Waals surface area contributed by atoms with Gasteiger partial charge in [-0.25, -0.2) is 9.59 Å². The molecule has 3 N–H and O–H groups in total. The molecule has 1 aliphatic carbocycles. The van der Waals surface area contributed by atoms with Gasteiger partial charge in [0.25, 0.3) is 0 Å². The summed E-state index contributed by atoms with van der Waals surface area (Å²) < 4.78 is 5.81. The highest BCUT2D eigenvalue weighted by molar-refractivity contribution is 5.95. The number of nitrogens with one attached hydrogen (secondary N) is 2. The van der Waals surface area contributed by atoms with Crippen LogP contribution in [0.5, 0.6) is 5.75 Å². The van der Waals surface area contributed by atoms with Gasteiger partial charge in [-0.3, -0.25) is 0 Å². The van der Waals surface area contributed by atoms with Gasteiger partial charge in [0.1, 0.15) is 11.9 Å². The third-order valence-corrected chi connectivity index (χ3v) is 5.04. The molecule has 2 amide bonds. The summed E-state index contributed by atoms with van der Waals surface area (Å²) in [5, 5.41) is 14.9. The number of hydrogen-bond acceptors (Lipinski definition) is 4. The predicted molar refractivity (Wildman–Crippen MR) is 97.4 cm³/mol. The fourth-order valence-electron chi connectivity index (χ4n) is 3.63. The summed E-state index contributed by atoms with van der Waals surface area (Å²) >= 11 is 0. The third-order valence-electron chi connectivity index (χ3n) is 5.04. The maximum Gasteiger partial charge on any atom is 0.338 e. The van der Waals surface area contributed by atoms with Crippen LogP contribution in [0, 0.1) is 0 Å². The lowest BCUT2D eigenvalue weighted by atomic mass is 9.95. The molecular weight excluding hydrogens is 332 g/mol. The minimum atomic E-state index is -0.592. The van der Waals surface area contributed by atoms with E-state index in [2.05, 4.69) is 10.6 Å². The van der Waals surface area contributed by atoms with Crippen LogP contribution in [0.3, 0.4) is 0 Å². The minimum absolute atomic E-state index is 0.0683. The van der Waals surface area contributed by atoms with Crippen molar-refractivity contribution in [2.45, 2.75) is 64.0 Å². The van der Waals surface area contributed by atoms with Crippen LogP contribution in [0.1, 0.15) is 63.5 Å². The average molecular weight is 358 g/mol. The highest BCUT2D eigenvalue weighted by Gasteiger charge is 2.33. The molecule has 0 unspecified atom stereocenters. The number of phenolic OH excluding ortho intramolecular Hbond substituents is 1. The van der Waals surface area contributed by atoms with Crippen LogP contribution in [0.4, 0.5) is 4.79 Å². The van der Waals surface area contributed by atoms with Gasteiger partial charge in [0, 0.05) is 5.70 Å². The summed E-state index contributed by atoms with van der Waals surface area (Å²) in [6, 6.07) is 5.52.